The molecule has 0 spiro atoms. The highest BCUT2D eigenvalue weighted by atomic mass is 32.1. The van der Waals surface area contributed by atoms with Crippen LogP contribution in [0.2, 0.25) is 0 Å². The van der Waals surface area contributed by atoms with Crippen LogP contribution in [0.15, 0.2) is 17.5 Å². The summed E-state index contributed by atoms with van der Waals surface area (Å²) in [4.78, 5) is 34.4. The van der Waals surface area contributed by atoms with Crippen molar-refractivity contribution in [3.8, 4) is 0 Å². The lowest BCUT2D eigenvalue weighted by Gasteiger charge is -2.18. The van der Waals surface area contributed by atoms with Gasteiger partial charge in [0.05, 0.1) is 12.5 Å². The second kappa shape index (κ2) is 7.49. The molecular weight excluding hydrogens is 282 g/mol. The average Bonchev–Trinajstić information content (AvgIpc) is 2.88. The molecule has 2 atom stereocenters. The second-order valence-corrected chi connectivity index (χ2v) is 5.13. The lowest BCUT2D eigenvalue weighted by molar-refractivity contribution is -0.140. The van der Waals surface area contributed by atoms with Crippen LogP contribution < -0.4 is 16.4 Å². The molecule has 1 unspecified atom stereocenters. The molecule has 110 valence electrons. The number of carbonyl (C=O) groups is 3. The van der Waals surface area contributed by atoms with Gasteiger partial charge >= 0.3 is 12.0 Å². The van der Waals surface area contributed by atoms with Gasteiger partial charge in [0.15, 0.2) is 0 Å². The van der Waals surface area contributed by atoms with Crippen LogP contribution in [0, 0.1) is 0 Å². The zero-order valence-corrected chi connectivity index (χ0v) is 11.8. The van der Waals surface area contributed by atoms with E-state index in [4.69, 9.17) is 10.8 Å². The minimum Gasteiger partial charge on any atom is -0.480 e. The van der Waals surface area contributed by atoms with Crippen molar-refractivity contribution in [2.45, 2.75) is 31.8 Å². The molecule has 0 aliphatic rings. The van der Waals surface area contributed by atoms with E-state index in [1.807, 2.05) is 24.4 Å². The third-order valence-electron chi connectivity index (χ3n) is 2.61. The van der Waals surface area contributed by atoms with Crippen LogP contribution in [-0.2, 0) is 9.59 Å². The van der Waals surface area contributed by atoms with Gasteiger partial charge in [-0.25, -0.2) is 9.59 Å². The van der Waals surface area contributed by atoms with E-state index >= 15 is 0 Å². The first-order valence-electron chi connectivity index (χ1n) is 6.05. The highest BCUT2D eigenvalue weighted by molar-refractivity contribution is 7.10. The Hall–Kier alpha value is -2.09. The smallest absolute Gasteiger partial charge is 0.326 e. The van der Waals surface area contributed by atoms with Gasteiger partial charge in [0, 0.05) is 4.88 Å². The zero-order valence-electron chi connectivity index (χ0n) is 11.0. The Morgan fingerprint density at radius 1 is 1.40 bits per heavy atom. The number of nitrogens with one attached hydrogen (secondary N) is 2. The number of carboxylic acids is 1. The predicted octanol–water partition coefficient (Wildman–Crippen LogP) is 0.827. The Bertz CT molecular complexity index is 475. The highest BCUT2D eigenvalue weighted by Crippen LogP contribution is 2.21. The first-order chi connectivity index (χ1) is 9.43. The van der Waals surface area contributed by atoms with Gasteiger partial charge in [-0.05, 0) is 17.9 Å². The molecule has 0 fully saturated rings. The summed E-state index contributed by atoms with van der Waals surface area (Å²) in [5.41, 5.74) is 4.94. The van der Waals surface area contributed by atoms with E-state index < -0.39 is 30.4 Å². The fraction of sp³-hybridized carbons (Fsp3) is 0.417. The molecule has 0 bridgehead atoms. The molecule has 0 aromatic carbocycles. The monoisotopic (exact) mass is 299 g/mol. The number of carboxylic acid groups (broad SMARTS) is 1. The Morgan fingerprint density at radius 2 is 2.10 bits per heavy atom. The number of amides is 3. The van der Waals surface area contributed by atoms with Crippen LogP contribution in [0.5, 0.6) is 0 Å². The Kier molecular flexibility index (Phi) is 5.98. The Morgan fingerprint density at radius 3 is 2.55 bits per heavy atom. The van der Waals surface area contributed by atoms with E-state index in [-0.39, 0.29) is 6.04 Å². The summed E-state index contributed by atoms with van der Waals surface area (Å²) in [5, 5.41) is 15.7. The molecule has 0 radical (unpaired) electrons. The molecule has 0 saturated carbocycles. The Labute approximate surface area is 120 Å². The van der Waals surface area contributed by atoms with Crippen molar-refractivity contribution in [3.63, 3.8) is 0 Å². The lowest BCUT2D eigenvalue weighted by atomic mass is 10.2. The number of hydrogen-bond donors (Lipinski definition) is 4. The summed E-state index contributed by atoms with van der Waals surface area (Å²) in [7, 11) is 0. The maximum Gasteiger partial charge on any atom is 0.326 e. The topological polar surface area (TPSA) is 122 Å². The molecule has 8 heteroatoms. The minimum absolute atomic E-state index is 0.196. The van der Waals surface area contributed by atoms with E-state index in [2.05, 4.69) is 10.6 Å². The molecular formula is C12H17N3O4S. The number of nitrogens with two attached hydrogens (primary N) is 1. The predicted molar refractivity (Wildman–Crippen MR) is 74.3 cm³/mol. The van der Waals surface area contributed by atoms with E-state index in [1.165, 1.54) is 11.3 Å². The van der Waals surface area contributed by atoms with Gasteiger partial charge in [-0.1, -0.05) is 13.0 Å². The largest absolute Gasteiger partial charge is 0.480 e. The maximum atomic E-state index is 11.8. The van der Waals surface area contributed by atoms with Crippen LogP contribution in [0.4, 0.5) is 4.79 Å². The average molecular weight is 299 g/mol. The van der Waals surface area contributed by atoms with Gasteiger partial charge in [0.2, 0.25) is 5.91 Å². The molecule has 5 N–H and O–H groups in total. The van der Waals surface area contributed by atoms with Crippen LogP contribution in [0.1, 0.15) is 30.7 Å². The van der Waals surface area contributed by atoms with Crippen molar-refractivity contribution >= 4 is 29.2 Å². The minimum atomic E-state index is -1.33. The fourth-order valence-electron chi connectivity index (χ4n) is 1.62. The van der Waals surface area contributed by atoms with Gasteiger partial charge in [0.25, 0.3) is 0 Å². The molecule has 1 rings (SSSR count). The maximum absolute atomic E-state index is 11.8. The molecule has 1 heterocycles. The Balaban J connectivity index is 2.60. The van der Waals surface area contributed by atoms with Gasteiger partial charge in [-0.2, -0.15) is 0 Å². The summed E-state index contributed by atoms with van der Waals surface area (Å²) in [6.45, 7) is 1.91. The number of aliphatic carboxylic acids is 1. The van der Waals surface area contributed by atoms with Crippen molar-refractivity contribution in [1.82, 2.24) is 10.6 Å². The summed E-state index contributed by atoms with van der Waals surface area (Å²) in [6, 6.07) is 1.59. The van der Waals surface area contributed by atoms with Crippen LogP contribution in [-0.4, -0.2) is 29.1 Å². The molecule has 1 aromatic heterocycles. The number of hydrogen-bond acceptors (Lipinski definition) is 4. The summed E-state index contributed by atoms with van der Waals surface area (Å²) >= 11 is 1.50. The van der Waals surface area contributed by atoms with Gasteiger partial charge in [-0.3, -0.25) is 4.79 Å². The summed E-state index contributed by atoms with van der Waals surface area (Å²) < 4.78 is 0. The van der Waals surface area contributed by atoms with Crippen LogP contribution in [0.3, 0.4) is 0 Å². The van der Waals surface area contributed by atoms with E-state index in [1.54, 1.807) is 0 Å². The SMILES string of the molecule is CCC(NC(=O)N[C@@H](CC(N)=O)C(=O)O)c1cccs1. The third kappa shape index (κ3) is 4.88. The number of primary amides is 1. The number of thiophene rings is 1. The van der Waals surface area contributed by atoms with E-state index in [9.17, 15) is 14.4 Å². The molecule has 1 aromatic rings. The molecule has 0 saturated heterocycles. The van der Waals surface area contributed by atoms with Crippen molar-refractivity contribution in [3.05, 3.63) is 22.4 Å². The molecule has 0 aliphatic carbocycles. The number of carbonyl (C=O) groups excluding carboxylic acids is 2. The fourth-order valence-corrected chi connectivity index (χ4v) is 2.48. The normalized spacial score (nSPS) is 13.2. The quantitative estimate of drug-likeness (QED) is 0.595. The van der Waals surface area contributed by atoms with Crippen molar-refractivity contribution < 1.29 is 19.5 Å². The lowest BCUT2D eigenvalue weighted by Crippen LogP contribution is -2.48. The molecule has 7 nitrogen and oxygen atoms in total. The van der Waals surface area contributed by atoms with Crippen LogP contribution >= 0.6 is 11.3 Å². The van der Waals surface area contributed by atoms with Crippen LogP contribution in [0.25, 0.3) is 0 Å². The van der Waals surface area contributed by atoms with Crippen molar-refractivity contribution in [2.24, 2.45) is 5.73 Å². The molecule has 3 amide bonds. The first kappa shape index (κ1) is 16.0. The standard InChI is InChI=1S/C12H17N3O4S/c1-2-7(9-4-3-5-20-9)14-12(19)15-8(11(17)18)6-10(13)16/h3-5,7-8H,2,6H2,1H3,(H2,13,16)(H,17,18)(H2,14,15,19)/t7?,8-/m0/s1. The van der Waals surface area contributed by atoms with E-state index in [0.29, 0.717) is 6.42 Å². The zero-order chi connectivity index (χ0) is 15.1. The highest BCUT2D eigenvalue weighted by Gasteiger charge is 2.23. The number of urea groups is 1. The summed E-state index contributed by atoms with van der Waals surface area (Å²) in [6.07, 6.45) is 0.222. The van der Waals surface area contributed by atoms with Gasteiger partial charge < -0.3 is 21.5 Å². The number of rotatable bonds is 7. The van der Waals surface area contributed by atoms with Gasteiger partial charge in [-0.15, -0.1) is 11.3 Å². The van der Waals surface area contributed by atoms with Crippen molar-refractivity contribution in [2.75, 3.05) is 0 Å². The summed E-state index contributed by atoms with van der Waals surface area (Å²) in [5.74, 6) is -2.09. The second-order valence-electron chi connectivity index (χ2n) is 4.16. The first-order valence-corrected chi connectivity index (χ1v) is 6.93. The molecule has 20 heavy (non-hydrogen) atoms. The van der Waals surface area contributed by atoms with Gasteiger partial charge in [0.1, 0.15) is 6.04 Å². The van der Waals surface area contributed by atoms with Crippen molar-refractivity contribution in [1.29, 1.82) is 0 Å². The molecule has 0 aliphatic heterocycles. The third-order valence-corrected chi connectivity index (χ3v) is 3.59. The van der Waals surface area contributed by atoms with E-state index in [0.717, 1.165) is 4.88 Å².